The lowest BCUT2D eigenvalue weighted by molar-refractivity contribution is -0.110. The van der Waals surface area contributed by atoms with Crippen molar-refractivity contribution in [3.05, 3.63) is 52.6 Å². The number of Topliss-reactive ketones (excluding diaryl/α,β-unsaturated/α-hetero) is 1. The average Bonchev–Trinajstić information content (AvgIpc) is 2.49. The Bertz CT molecular complexity index is 736. The molecule has 1 aliphatic rings. The summed E-state index contributed by atoms with van der Waals surface area (Å²) in [6.45, 7) is 4.08. The van der Waals surface area contributed by atoms with Gasteiger partial charge in [-0.05, 0) is 42.0 Å². The molecule has 0 fully saturated rings. The van der Waals surface area contributed by atoms with E-state index in [0.29, 0.717) is 5.56 Å². The highest BCUT2D eigenvalue weighted by atomic mass is 16.2. The molecule has 0 unspecified atom stereocenters. The van der Waals surface area contributed by atoms with Crippen LogP contribution in [0, 0.1) is 13.8 Å². The van der Waals surface area contributed by atoms with Gasteiger partial charge in [-0.1, -0.05) is 30.3 Å². The quantitative estimate of drug-likeness (QED) is 0.658. The van der Waals surface area contributed by atoms with E-state index >= 15 is 0 Å². The van der Waals surface area contributed by atoms with Gasteiger partial charge in [-0.25, -0.2) is 0 Å². The van der Waals surface area contributed by atoms with Crippen molar-refractivity contribution in [2.45, 2.75) is 13.8 Å². The standard InChI is InChI=1S/C16H12O2/c1-9-8-11-6-7-14(17)16(18)13-5-3-4-12(10(9)2)15(11)13/h3-8H,1-2H3. The van der Waals surface area contributed by atoms with Crippen molar-refractivity contribution >= 4 is 28.4 Å². The number of rotatable bonds is 0. The first-order chi connectivity index (χ1) is 8.59. The number of benzene rings is 2. The van der Waals surface area contributed by atoms with Crippen molar-refractivity contribution in [2.24, 2.45) is 0 Å². The number of hydrogen-bond acceptors (Lipinski definition) is 2. The maximum Gasteiger partial charge on any atom is 0.233 e. The third kappa shape index (κ3) is 1.35. The topological polar surface area (TPSA) is 34.1 Å². The Hall–Kier alpha value is -2.22. The molecule has 0 aliphatic heterocycles. The largest absolute Gasteiger partial charge is 0.286 e. The lowest BCUT2D eigenvalue weighted by Gasteiger charge is -2.11. The molecule has 0 heterocycles. The average molecular weight is 236 g/mol. The molecule has 0 bridgehead atoms. The minimum absolute atomic E-state index is 0.418. The number of allylic oxidation sites excluding steroid dienone is 1. The van der Waals surface area contributed by atoms with E-state index in [1.807, 2.05) is 32.0 Å². The molecule has 0 spiro atoms. The molecule has 0 saturated carbocycles. The van der Waals surface area contributed by atoms with E-state index in [-0.39, 0.29) is 0 Å². The van der Waals surface area contributed by atoms with Crippen LogP contribution in [0.4, 0.5) is 0 Å². The molecule has 88 valence electrons. The van der Waals surface area contributed by atoms with E-state index in [2.05, 4.69) is 0 Å². The second-order valence-electron chi connectivity index (χ2n) is 4.66. The zero-order valence-corrected chi connectivity index (χ0v) is 10.3. The molecule has 1 aliphatic carbocycles. The molecule has 3 rings (SSSR count). The van der Waals surface area contributed by atoms with Crippen LogP contribution in [0.5, 0.6) is 0 Å². The third-order valence-corrected chi connectivity index (χ3v) is 3.60. The molecular formula is C16H12O2. The molecule has 0 amide bonds. The molecule has 0 radical (unpaired) electrons. The first-order valence-corrected chi connectivity index (χ1v) is 5.89. The van der Waals surface area contributed by atoms with Crippen LogP contribution in [0.2, 0.25) is 0 Å². The van der Waals surface area contributed by atoms with Gasteiger partial charge in [0.15, 0.2) is 0 Å². The van der Waals surface area contributed by atoms with Crippen molar-refractivity contribution in [2.75, 3.05) is 0 Å². The van der Waals surface area contributed by atoms with E-state index in [1.165, 1.54) is 11.6 Å². The molecule has 2 nitrogen and oxygen atoms in total. The molecule has 2 aromatic rings. The second kappa shape index (κ2) is 3.64. The Morgan fingerprint density at radius 3 is 2.56 bits per heavy atom. The first-order valence-electron chi connectivity index (χ1n) is 5.89. The van der Waals surface area contributed by atoms with Crippen molar-refractivity contribution in [1.29, 1.82) is 0 Å². The fourth-order valence-corrected chi connectivity index (χ4v) is 2.50. The summed E-state index contributed by atoms with van der Waals surface area (Å²) in [6, 6.07) is 7.60. The number of carbonyl (C=O) groups is 2. The highest BCUT2D eigenvalue weighted by Crippen LogP contribution is 2.31. The zero-order valence-electron chi connectivity index (χ0n) is 10.3. The van der Waals surface area contributed by atoms with Crippen LogP contribution in [0.1, 0.15) is 27.0 Å². The van der Waals surface area contributed by atoms with Crippen LogP contribution in [-0.4, -0.2) is 11.6 Å². The molecule has 2 aromatic carbocycles. The summed E-state index contributed by atoms with van der Waals surface area (Å²) in [6.07, 6.45) is 3.11. The summed E-state index contributed by atoms with van der Waals surface area (Å²) >= 11 is 0. The monoisotopic (exact) mass is 236 g/mol. The van der Waals surface area contributed by atoms with Crippen molar-refractivity contribution in [3.63, 3.8) is 0 Å². The van der Waals surface area contributed by atoms with Gasteiger partial charge in [-0.2, -0.15) is 0 Å². The second-order valence-corrected chi connectivity index (χ2v) is 4.66. The smallest absolute Gasteiger partial charge is 0.233 e. The van der Waals surface area contributed by atoms with Crippen molar-refractivity contribution in [3.8, 4) is 0 Å². The summed E-state index contributed by atoms with van der Waals surface area (Å²) in [5, 5.41) is 1.95. The molecular weight excluding hydrogens is 224 g/mol. The first kappa shape index (κ1) is 10.9. The third-order valence-electron chi connectivity index (χ3n) is 3.60. The summed E-state index contributed by atoms with van der Waals surface area (Å²) in [7, 11) is 0. The predicted molar refractivity (Wildman–Crippen MR) is 71.8 cm³/mol. The van der Waals surface area contributed by atoms with Gasteiger partial charge in [0.2, 0.25) is 11.6 Å². The van der Waals surface area contributed by atoms with E-state index in [1.54, 1.807) is 12.1 Å². The summed E-state index contributed by atoms with van der Waals surface area (Å²) in [4.78, 5) is 23.7. The van der Waals surface area contributed by atoms with Gasteiger partial charge in [0.25, 0.3) is 0 Å². The normalized spacial score (nSPS) is 14.1. The molecule has 0 saturated heterocycles. The number of hydrogen-bond donors (Lipinski definition) is 0. The van der Waals surface area contributed by atoms with Crippen molar-refractivity contribution in [1.82, 2.24) is 0 Å². The number of aryl methyl sites for hydroxylation is 2. The lowest BCUT2D eigenvalue weighted by atomic mass is 9.92. The van der Waals surface area contributed by atoms with Gasteiger partial charge in [0.05, 0.1) is 0 Å². The molecule has 0 aromatic heterocycles. The number of carbonyl (C=O) groups excluding carboxylic acids is 2. The Kier molecular flexibility index (Phi) is 2.20. The minimum atomic E-state index is -0.450. The van der Waals surface area contributed by atoms with Gasteiger partial charge in [-0.3, -0.25) is 9.59 Å². The highest BCUT2D eigenvalue weighted by molar-refractivity contribution is 6.50. The summed E-state index contributed by atoms with van der Waals surface area (Å²) in [5.74, 6) is -0.868. The van der Waals surface area contributed by atoms with Crippen LogP contribution in [0.15, 0.2) is 30.3 Å². The van der Waals surface area contributed by atoms with Crippen LogP contribution >= 0.6 is 0 Å². The molecule has 0 N–H and O–H groups in total. The van der Waals surface area contributed by atoms with E-state index in [9.17, 15) is 9.59 Å². The van der Waals surface area contributed by atoms with E-state index < -0.39 is 11.6 Å². The highest BCUT2D eigenvalue weighted by Gasteiger charge is 2.21. The van der Waals surface area contributed by atoms with Gasteiger partial charge < -0.3 is 0 Å². The Morgan fingerprint density at radius 1 is 1.00 bits per heavy atom. The summed E-state index contributed by atoms with van der Waals surface area (Å²) in [5.41, 5.74) is 3.79. The van der Waals surface area contributed by atoms with Gasteiger partial charge in [-0.15, -0.1) is 0 Å². The minimum Gasteiger partial charge on any atom is -0.286 e. The Labute approximate surface area is 105 Å². The predicted octanol–water partition coefficient (Wildman–Crippen LogP) is 3.24. The van der Waals surface area contributed by atoms with Crippen molar-refractivity contribution < 1.29 is 9.59 Å². The van der Waals surface area contributed by atoms with Gasteiger partial charge >= 0.3 is 0 Å². The fourth-order valence-electron chi connectivity index (χ4n) is 2.50. The van der Waals surface area contributed by atoms with Gasteiger partial charge in [0.1, 0.15) is 0 Å². The van der Waals surface area contributed by atoms with Gasteiger partial charge in [0, 0.05) is 10.9 Å². The lowest BCUT2D eigenvalue weighted by Crippen LogP contribution is -2.10. The maximum atomic E-state index is 12.0. The molecule has 18 heavy (non-hydrogen) atoms. The Balaban J connectivity index is 2.57. The SMILES string of the molecule is Cc1cc2c3c(cccc3c1C)C(=O)C(=O)C=C2. The van der Waals surface area contributed by atoms with E-state index in [4.69, 9.17) is 0 Å². The Morgan fingerprint density at radius 2 is 1.78 bits per heavy atom. The zero-order chi connectivity index (χ0) is 12.9. The van der Waals surface area contributed by atoms with Crippen LogP contribution in [0.3, 0.4) is 0 Å². The van der Waals surface area contributed by atoms with Crippen LogP contribution in [-0.2, 0) is 4.79 Å². The van der Waals surface area contributed by atoms with Crippen LogP contribution < -0.4 is 0 Å². The molecule has 2 heteroatoms. The number of ketones is 2. The maximum absolute atomic E-state index is 12.0. The molecule has 0 atom stereocenters. The van der Waals surface area contributed by atoms with Crippen LogP contribution in [0.25, 0.3) is 16.8 Å². The summed E-state index contributed by atoms with van der Waals surface area (Å²) < 4.78 is 0. The van der Waals surface area contributed by atoms with E-state index in [0.717, 1.165) is 21.9 Å². The fraction of sp³-hybridized carbons (Fsp3) is 0.125.